The van der Waals surface area contributed by atoms with Crippen molar-refractivity contribution < 1.29 is 27.5 Å². The lowest BCUT2D eigenvalue weighted by molar-refractivity contribution is -0.141. The van der Waals surface area contributed by atoms with Gasteiger partial charge in [-0.2, -0.15) is 13.2 Å². The first-order chi connectivity index (χ1) is 13.3. The van der Waals surface area contributed by atoms with E-state index in [1.807, 2.05) is 4.90 Å². The number of carbonyl (C=O) groups excluding carboxylic acids is 2. The Morgan fingerprint density at radius 2 is 1.46 bits per heavy atom. The number of hydrogen-bond donors (Lipinski definition) is 0. The molecule has 2 fully saturated rings. The third-order valence-corrected chi connectivity index (χ3v) is 5.47. The van der Waals surface area contributed by atoms with Gasteiger partial charge in [0.2, 0.25) is 5.91 Å². The smallest absolute Gasteiger partial charge is 0.416 e. The Labute approximate surface area is 162 Å². The lowest BCUT2D eigenvalue weighted by Crippen LogP contribution is -2.51. The van der Waals surface area contributed by atoms with E-state index in [-0.39, 0.29) is 24.2 Å². The predicted octanol–water partition coefficient (Wildman–Crippen LogP) is 3.34. The fraction of sp³-hybridized carbons (Fsp3) is 0.600. The van der Waals surface area contributed by atoms with Gasteiger partial charge >= 0.3 is 6.18 Å². The molecule has 0 N–H and O–H groups in total. The van der Waals surface area contributed by atoms with E-state index in [0.29, 0.717) is 38.5 Å². The highest BCUT2D eigenvalue weighted by Gasteiger charge is 2.30. The molecule has 1 aliphatic heterocycles. The van der Waals surface area contributed by atoms with Crippen LogP contribution in [0.4, 0.5) is 13.2 Å². The third-order valence-electron chi connectivity index (χ3n) is 5.47. The predicted molar refractivity (Wildman–Crippen MR) is 96.7 cm³/mol. The Morgan fingerprint density at radius 3 is 2.00 bits per heavy atom. The normalized spacial score (nSPS) is 18.4. The molecular formula is C20H25F3N2O3. The fourth-order valence-electron chi connectivity index (χ4n) is 3.77. The van der Waals surface area contributed by atoms with Crippen LogP contribution in [0.25, 0.3) is 0 Å². The maximum Gasteiger partial charge on any atom is 0.416 e. The Morgan fingerprint density at radius 1 is 0.929 bits per heavy atom. The number of ether oxygens (including phenoxy) is 1. The average molecular weight is 398 g/mol. The average Bonchev–Trinajstić information content (AvgIpc) is 3.19. The maximum absolute atomic E-state index is 12.5. The largest absolute Gasteiger partial charge is 0.484 e. The van der Waals surface area contributed by atoms with E-state index >= 15 is 0 Å². The van der Waals surface area contributed by atoms with Crippen LogP contribution in [0.15, 0.2) is 24.3 Å². The topological polar surface area (TPSA) is 49.9 Å². The van der Waals surface area contributed by atoms with Crippen LogP contribution >= 0.6 is 0 Å². The van der Waals surface area contributed by atoms with Crippen LogP contribution in [-0.4, -0.2) is 54.4 Å². The summed E-state index contributed by atoms with van der Waals surface area (Å²) in [5, 5.41) is 0. The lowest BCUT2D eigenvalue weighted by Gasteiger charge is -2.35. The quantitative estimate of drug-likeness (QED) is 0.765. The van der Waals surface area contributed by atoms with Crippen LogP contribution < -0.4 is 4.74 Å². The molecule has 1 saturated carbocycles. The minimum absolute atomic E-state index is 0.167. The zero-order chi connectivity index (χ0) is 20.1. The van der Waals surface area contributed by atoms with E-state index in [2.05, 4.69) is 0 Å². The van der Waals surface area contributed by atoms with Crippen molar-refractivity contribution in [1.29, 1.82) is 0 Å². The molecule has 0 aromatic heterocycles. The maximum atomic E-state index is 12.5. The molecule has 2 aliphatic rings. The van der Waals surface area contributed by atoms with Gasteiger partial charge in [-0.25, -0.2) is 0 Å². The number of halogens is 3. The van der Waals surface area contributed by atoms with Crippen LogP contribution in [0, 0.1) is 5.92 Å². The summed E-state index contributed by atoms with van der Waals surface area (Å²) in [5.41, 5.74) is -0.760. The van der Waals surface area contributed by atoms with Gasteiger partial charge in [-0.05, 0) is 43.0 Å². The summed E-state index contributed by atoms with van der Waals surface area (Å²) in [6.07, 6.45) is 0.878. The Kier molecular flexibility index (Phi) is 6.46. The van der Waals surface area contributed by atoms with Crippen molar-refractivity contribution in [3.8, 4) is 5.75 Å². The molecule has 0 radical (unpaired) electrons. The number of piperazine rings is 1. The first kappa shape index (κ1) is 20.5. The van der Waals surface area contributed by atoms with Gasteiger partial charge in [-0.1, -0.05) is 12.8 Å². The summed E-state index contributed by atoms with van der Waals surface area (Å²) in [6.45, 7) is 1.69. The van der Waals surface area contributed by atoms with Gasteiger partial charge in [0.05, 0.1) is 5.56 Å². The number of carbonyl (C=O) groups is 2. The summed E-state index contributed by atoms with van der Waals surface area (Å²) in [7, 11) is 0. The highest BCUT2D eigenvalue weighted by molar-refractivity contribution is 5.79. The Bertz CT molecular complexity index is 677. The molecule has 154 valence electrons. The molecule has 3 rings (SSSR count). The number of rotatable bonds is 5. The van der Waals surface area contributed by atoms with E-state index in [1.54, 1.807) is 4.90 Å². The fourth-order valence-corrected chi connectivity index (χ4v) is 3.77. The van der Waals surface area contributed by atoms with Crippen molar-refractivity contribution in [2.24, 2.45) is 5.92 Å². The summed E-state index contributed by atoms with van der Waals surface area (Å²) in [4.78, 5) is 28.1. The van der Waals surface area contributed by atoms with Gasteiger partial charge in [0.15, 0.2) is 6.61 Å². The minimum Gasteiger partial charge on any atom is -0.484 e. The second-order valence-electron chi connectivity index (χ2n) is 7.43. The molecule has 8 heteroatoms. The molecule has 0 unspecified atom stereocenters. The number of hydrogen-bond acceptors (Lipinski definition) is 3. The van der Waals surface area contributed by atoms with Crippen molar-refractivity contribution in [3.63, 3.8) is 0 Å². The molecule has 1 heterocycles. The standard InChI is InChI=1S/C20H25F3N2O3/c21-20(22,23)16-5-7-17(8-6-16)28-14-19(27)25-11-9-24(10-12-25)18(26)13-15-3-1-2-4-15/h5-8,15H,1-4,9-14H2. The molecule has 1 aromatic rings. The zero-order valence-electron chi connectivity index (χ0n) is 15.7. The van der Waals surface area contributed by atoms with Crippen molar-refractivity contribution in [1.82, 2.24) is 9.80 Å². The molecule has 28 heavy (non-hydrogen) atoms. The van der Waals surface area contributed by atoms with Crippen LogP contribution in [0.5, 0.6) is 5.75 Å². The monoisotopic (exact) mass is 398 g/mol. The van der Waals surface area contributed by atoms with Gasteiger partial charge in [0, 0.05) is 32.6 Å². The molecule has 0 bridgehead atoms. The lowest BCUT2D eigenvalue weighted by atomic mass is 10.0. The number of nitrogens with zero attached hydrogens (tertiary/aromatic N) is 2. The van der Waals surface area contributed by atoms with Crippen LogP contribution in [0.3, 0.4) is 0 Å². The summed E-state index contributed by atoms with van der Waals surface area (Å²) in [6, 6.07) is 4.26. The summed E-state index contributed by atoms with van der Waals surface area (Å²) in [5.74, 6) is 0.652. The van der Waals surface area contributed by atoms with Gasteiger partial charge in [-0.3, -0.25) is 9.59 Å². The van der Waals surface area contributed by atoms with Crippen LogP contribution in [0.1, 0.15) is 37.7 Å². The van der Waals surface area contributed by atoms with Crippen molar-refractivity contribution >= 4 is 11.8 Å². The van der Waals surface area contributed by atoms with Crippen LogP contribution in [-0.2, 0) is 15.8 Å². The second kappa shape index (κ2) is 8.84. The highest BCUT2D eigenvalue weighted by Crippen LogP contribution is 2.30. The van der Waals surface area contributed by atoms with E-state index in [9.17, 15) is 22.8 Å². The molecule has 1 aromatic carbocycles. The van der Waals surface area contributed by atoms with E-state index in [1.165, 1.54) is 25.0 Å². The molecule has 1 saturated heterocycles. The highest BCUT2D eigenvalue weighted by atomic mass is 19.4. The van der Waals surface area contributed by atoms with Gasteiger partial charge < -0.3 is 14.5 Å². The Balaban J connectivity index is 1.40. The van der Waals surface area contributed by atoms with E-state index in [4.69, 9.17) is 4.74 Å². The van der Waals surface area contributed by atoms with E-state index in [0.717, 1.165) is 25.0 Å². The molecule has 0 atom stereocenters. The summed E-state index contributed by atoms with van der Waals surface area (Å²) >= 11 is 0. The number of amides is 2. The van der Waals surface area contributed by atoms with Crippen molar-refractivity contribution in [2.45, 2.75) is 38.3 Å². The molecular weight excluding hydrogens is 373 g/mol. The first-order valence-electron chi connectivity index (χ1n) is 9.68. The third kappa shape index (κ3) is 5.39. The number of alkyl halides is 3. The van der Waals surface area contributed by atoms with E-state index < -0.39 is 11.7 Å². The number of benzene rings is 1. The van der Waals surface area contributed by atoms with Gasteiger partial charge in [0.25, 0.3) is 5.91 Å². The van der Waals surface area contributed by atoms with Crippen LogP contribution in [0.2, 0.25) is 0 Å². The second-order valence-corrected chi connectivity index (χ2v) is 7.43. The van der Waals surface area contributed by atoms with Crippen molar-refractivity contribution in [2.75, 3.05) is 32.8 Å². The van der Waals surface area contributed by atoms with Gasteiger partial charge in [0.1, 0.15) is 5.75 Å². The first-order valence-corrected chi connectivity index (χ1v) is 9.68. The molecule has 5 nitrogen and oxygen atoms in total. The van der Waals surface area contributed by atoms with Gasteiger partial charge in [-0.15, -0.1) is 0 Å². The summed E-state index contributed by atoms with van der Waals surface area (Å²) < 4.78 is 43.0. The minimum atomic E-state index is -4.40. The SMILES string of the molecule is O=C(COc1ccc(C(F)(F)F)cc1)N1CCN(C(=O)CC2CCCC2)CC1. The Hall–Kier alpha value is -2.25. The molecule has 1 aliphatic carbocycles. The zero-order valence-corrected chi connectivity index (χ0v) is 15.7. The molecule has 2 amide bonds. The van der Waals surface area contributed by atoms with Crippen molar-refractivity contribution in [3.05, 3.63) is 29.8 Å². The molecule has 0 spiro atoms.